The third kappa shape index (κ3) is 1.36. The minimum atomic E-state index is -1.14. The van der Waals surface area contributed by atoms with Crippen molar-refractivity contribution >= 4 is 17.3 Å². The molecule has 0 amide bonds. The van der Waals surface area contributed by atoms with Gasteiger partial charge in [-0.25, -0.2) is 4.79 Å². The van der Waals surface area contributed by atoms with Crippen molar-refractivity contribution < 1.29 is 14.7 Å². The van der Waals surface area contributed by atoms with Crippen molar-refractivity contribution in [2.75, 3.05) is 0 Å². The van der Waals surface area contributed by atoms with Crippen LogP contribution >= 0.6 is 0 Å². The molecule has 1 aromatic rings. The fourth-order valence-electron chi connectivity index (χ4n) is 2.16. The summed E-state index contributed by atoms with van der Waals surface area (Å²) in [6.07, 6.45) is 0. The highest BCUT2D eigenvalue weighted by Gasteiger charge is 2.32. The van der Waals surface area contributed by atoms with Gasteiger partial charge in [0.15, 0.2) is 5.78 Å². The fourth-order valence-corrected chi connectivity index (χ4v) is 2.16. The van der Waals surface area contributed by atoms with E-state index in [1.54, 1.807) is 13.8 Å². The van der Waals surface area contributed by atoms with E-state index in [2.05, 4.69) is 0 Å². The van der Waals surface area contributed by atoms with Crippen molar-refractivity contribution in [2.24, 2.45) is 0 Å². The number of benzene rings is 1. The molecule has 1 aromatic carbocycles. The number of fused-ring (bicyclic) bond motifs is 1. The lowest BCUT2D eigenvalue weighted by molar-refractivity contribution is -0.134. The molecule has 0 fully saturated rings. The summed E-state index contributed by atoms with van der Waals surface area (Å²) in [7, 11) is 0. The SMILES string of the molecule is CC1=C(C(=O)O)C(=O)C(C)c2ccccc21. The van der Waals surface area contributed by atoms with E-state index >= 15 is 0 Å². The second-order valence-corrected chi connectivity index (χ2v) is 3.98. The number of ketones is 1. The first-order valence-electron chi connectivity index (χ1n) is 5.11. The first-order chi connectivity index (χ1) is 7.54. The monoisotopic (exact) mass is 216 g/mol. The maximum Gasteiger partial charge on any atom is 0.339 e. The number of hydrogen-bond donors (Lipinski definition) is 1. The predicted molar refractivity (Wildman–Crippen MR) is 60.1 cm³/mol. The van der Waals surface area contributed by atoms with Crippen LogP contribution < -0.4 is 0 Å². The van der Waals surface area contributed by atoms with Gasteiger partial charge in [-0.05, 0) is 23.6 Å². The summed E-state index contributed by atoms with van der Waals surface area (Å²) in [4.78, 5) is 23.0. The molecule has 3 nitrogen and oxygen atoms in total. The molecule has 16 heavy (non-hydrogen) atoms. The molecular weight excluding hydrogens is 204 g/mol. The van der Waals surface area contributed by atoms with Gasteiger partial charge < -0.3 is 5.11 Å². The fraction of sp³-hybridized carbons (Fsp3) is 0.231. The zero-order chi connectivity index (χ0) is 11.9. The summed E-state index contributed by atoms with van der Waals surface area (Å²) in [5.41, 5.74) is 2.26. The van der Waals surface area contributed by atoms with Gasteiger partial charge in [0.1, 0.15) is 5.57 Å². The molecule has 0 bridgehead atoms. The minimum absolute atomic E-state index is 0.0776. The Morgan fingerprint density at radius 2 is 1.94 bits per heavy atom. The molecule has 0 radical (unpaired) electrons. The Bertz CT molecular complexity index is 512. The number of aliphatic carboxylic acids is 1. The molecule has 0 aromatic heterocycles. The smallest absolute Gasteiger partial charge is 0.339 e. The van der Waals surface area contributed by atoms with Crippen molar-refractivity contribution in [3.8, 4) is 0 Å². The van der Waals surface area contributed by atoms with Crippen molar-refractivity contribution in [1.82, 2.24) is 0 Å². The number of Topliss-reactive ketones (excluding diaryl/α,β-unsaturated/α-hetero) is 1. The van der Waals surface area contributed by atoms with E-state index in [4.69, 9.17) is 5.11 Å². The molecule has 0 aliphatic heterocycles. The van der Waals surface area contributed by atoms with Crippen LogP contribution in [0.25, 0.3) is 5.57 Å². The van der Waals surface area contributed by atoms with Gasteiger partial charge in [-0.15, -0.1) is 0 Å². The van der Waals surface area contributed by atoms with Gasteiger partial charge in [0.2, 0.25) is 0 Å². The van der Waals surface area contributed by atoms with Crippen molar-refractivity contribution in [1.29, 1.82) is 0 Å². The topological polar surface area (TPSA) is 54.4 Å². The van der Waals surface area contributed by atoms with Crippen LogP contribution in [0.1, 0.15) is 30.9 Å². The lowest BCUT2D eigenvalue weighted by Crippen LogP contribution is -2.24. The zero-order valence-corrected chi connectivity index (χ0v) is 9.15. The Morgan fingerprint density at radius 3 is 2.56 bits per heavy atom. The molecular formula is C13H12O3. The van der Waals surface area contributed by atoms with Crippen LogP contribution in [0.3, 0.4) is 0 Å². The van der Waals surface area contributed by atoms with Crippen molar-refractivity contribution in [2.45, 2.75) is 19.8 Å². The van der Waals surface area contributed by atoms with Gasteiger partial charge in [0, 0.05) is 5.92 Å². The largest absolute Gasteiger partial charge is 0.478 e. The van der Waals surface area contributed by atoms with Gasteiger partial charge in [-0.3, -0.25) is 4.79 Å². The second kappa shape index (κ2) is 3.59. The van der Waals surface area contributed by atoms with Crippen LogP contribution in [0.2, 0.25) is 0 Å². The third-order valence-corrected chi connectivity index (χ3v) is 3.06. The quantitative estimate of drug-likeness (QED) is 0.732. The highest BCUT2D eigenvalue weighted by atomic mass is 16.4. The molecule has 1 unspecified atom stereocenters. The Morgan fingerprint density at radius 1 is 1.31 bits per heavy atom. The van der Waals surface area contributed by atoms with Crippen LogP contribution in [0.15, 0.2) is 29.8 Å². The average molecular weight is 216 g/mol. The number of carboxylic acids is 1. The van der Waals surface area contributed by atoms with Gasteiger partial charge in [-0.1, -0.05) is 31.2 Å². The van der Waals surface area contributed by atoms with Crippen LogP contribution in [0.4, 0.5) is 0 Å². The van der Waals surface area contributed by atoms with E-state index in [1.165, 1.54) is 0 Å². The molecule has 3 heteroatoms. The molecule has 0 heterocycles. The Labute approximate surface area is 93.4 Å². The van der Waals surface area contributed by atoms with E-state index in [9.17, 15) is 9.59 Å². The standard InChI is InChI=1S/C13H12O3/c1-7-9-5-3-4-6-10(9)8(2)12(14)11(7)13(15)16/h3-6,8H,1-2H3,(H,15,16). The van der Waals surface area contributed by atoms with Gasteiger partial charge in [0.05, 0.1) is 0 Å². The van der Waals surface area contributed by atoms with E-state index in [-0.39, 0.29) is 17.3 Å². The predicted octanol–water partition coefficient (Wildman–Crippen LogP) is 2.23. The number of rotatable bonds is 1. The summed E-state index contributed by atoms with van der Waals surface area (Å²) in [5, 5.41) is 9.04. The van der Waals surface area contributed by atoms with E-state index < -0.39 is 5.97 Å². The number of allylic oxidation sites excluding steroid dienone is 1. The van der Waals surface area contributed by atoms with E-state index in [0.717, 1.165) is 11.1 Å². The van der Waals surface area contributed by atoms with Gasteiger partial charge in [0.25, 0.3) is 0 Å². The number of carbonyl (C=O) groups excluding carboxylic acids is 1. The molecule has 1 atom stereocenters. The highest BCUT2D eigenvalue weighted by Crippen LogP contribution is 2.35. The molecule has 0 spiro atoms. The van der Waals surface area contributed by atoms with Gasteiger partial charge >= 0.3 is 5.97 Å². The minimum Gasteiger partial charge on any atom is -0.478 e. The lowest BCUT2D eigenvalue weighted by atomic mass is 9.79. The van der Waals surface area contributed by atoms with Crippen LogP contribution in [-0.2, 0) is 9.59 Å². The third-order valence-electron chi connectivity index (χ3n) is 3.06. The zero-order valence-electron chi connectivity index (χ0n) is 9.15. The van der Waals surface area contributed by atoms with Crippen molar-refractivity contribution in [3.05, 3.63) is 41.0 Å². The van der Waals surface area contributed by atoms with Crippen LogP contribution in [0.5, 0.6) is 0 Å². The highest BCUT2D eigenvalue weighted by molar-refractivity contribution is 6.25. The molecule has 0 saturated carbocycles. The molecule has 2 rings (SSSR count). The molecule has 1 N–H and O–H groups in total. The Hall–Kier alpha value is -1.90. The summed E-state index contributed by atoms with van der Waals surface area (Å²) < 4.78 is 0. The number of carbonyl (C=O) groups is 2. The van der Waals surface area contributed by atoms with E-state index in [0.29, 0.717) is 5.57 Å². The number of carboxylic acid groups (broad SMARTS) is 1. The van der Waals surface area contributed by atoms with Gasteiger partial charge in [-0.2, -0.15) is 0 Å². The molecule has 82 valence electrons. The maximum absolute atomic E-state index is 11.9. The summed E-state index contributed by atoms with van der Waals surface area (Å²) in [6, 6.07) is 7.45. The number of hydrogen-bond acceptors (Lipinski definition) is 2. The van der Waals surface area contributed by atoms with Crippen LogP contribution in [0, 0.1) is 0 Å². The maximum atomic E-state index is 11.9. The summed E-state index contributed by atoms with van der Waals surface area (Å²) in [6.45, 7) is 3.43. The molecule has 0 saturated heterocycles. The first kappa shape index (κ1) is 10.6. The molecule has 1 aliphatic carbocycles. The van der Waals surface area contributed by atoms with Crippen molar-refractivity contribution in [3.63, 3.8) is 0 Å². The van der Waals surface area contributed by atoms with Crippen LogP contribution in [-0.4, -0.2) is 16.9 Å². The lowest BCUT2D eigenvalue weighted by Gasteiger charge is -2.23. The second-order valence-electron chi connectivity index (χ2n) is 3.98. The van der Waals surface area contributed by atoms with E-state index in [1.807, 2.05) is 24.3 Å². The molecule has 1 aliphatic rings. The first-order valence-corrected chi connectivity index (χ1v) is 5.11. The Kier molecular flexibility index (Phi) is 2.38. The summed E-state index contributed by atoms with van der Waals surface area (Å²) in [5.74, 6) is -1.81. The average Bonchev–Trinajstić information content (AvgIpc) is 2.26. The normalized spacial score (nSPS) is 19.6. The Balaban J connectivity index is 2.74. The summed E-state index contributed by atoms with van der Waals surface area (Å²) >= 11 is 0.